The average molecular weight is 271 g/mol. The van der Waals surface area contributed by atoms with Gasteiger partial charge in [0.25, 0.3) is 15.4 Å². The molecule has 0 radical (unpaired) electrons. The molecule has 0 unspecified atom stereocenters. The van der Waals surface area contributed by atoms with E-state index in [-0.39, 0.29) is 22.9 Å². The highest BCUT2D eigenvalue weighted by molar-refractivity contribution is 7.85. The molecule has 0 saturated carbocycles. The first kappa shape index (κ1) is 14.4. The van der Waals surface area contributed by atoms with Gasteiger partial charge < -0.3 is 0 Å². The summed E-state index contributed by atoms with van der Waals surface area (Å²) in [5.41, 5.74) is -0.0132. The predicted octanol–water partition coefficient (Wildman–Crippen LogP) is 2.60. The minimum Gasteiger partial charge on any atom is -0.282 e. The van der Waals surface area contributed by atoms with Crippen molar-refractivity contribution in [1.82, 2.24) is 0 Å². The molecule has 1 rings (SSSR count). The Bertz CT molecular complexity index is 481. The van der Waals surface area contributed by atoms with Gasteiger partial charge in [0.05, 0.1) is 15.5 Å². The first-order valence-corrected chi connectivity index (χ1v) is 5.49. The van der Waals surface area contributed by atoms with Gasteiger partial charge in [-0.2, -0.15) is 8.42 Å². The van der Waals surface area contributed by atoms with Crippen LogP contribution in [0.2, 0.25) is 5.02 Å². The lowest BCUT2D eigenvalue weighted by Crippen LogP contribution is -1.99. The van der Waals surface area contributed by atoms with Crippen LogP contribution in [0.5, 0.6) is 0 Å². The van der Waals surface area contributed by atoms with E-state index in [4.69, 9.17) is 27.8 Å². The number of carbonyl (C=O) groups is 1. The van der Waals surface area contributed by atoms with Gasteiger partial charge in [0.1, 0.15) is 0 Å². The summed E-state index contributed by atoms with van der Waals surface area (Å²) in [6.45, 7) is 0. The van der Waals surface area contributed by atoms with E-state index in [0.29, 0.717) is 0 Å². The van der Waals surface area contributed by atoms with Crippen molar-refractivity contribution in [2.24, 2.45) is 0 Å². The maximum atomic E-state index is 10.7. The summed E-state index contributed by atoms with van der Waals surface area (Å²) in [6.07, 6.45) is 0. The van der Waals surface area contributed by atoms with Crippen LogP contribution in [-0.2, 0) is 10.1 Å². The van der Waals surface area contributed by atoms with Crippen LogP contribution in [0.4, 0.5) is 0 Å². The molecule has 0 bridgehead atoms. The van der Waals surface area contributed by atoms with Crippen molar-refractivity contribution < 1.29 is 17.8 Å². The summed E-state index contributed by atoms with van der Waals surface area (Å²) in [6, 6.07) is 3.12. The Morgan fingerprint density at radius 3 is 2.20 bits per heavy atom. The lowest BCUT2D eigenvalue weighted by atomic mass is 10.2. The molecule has 0 fully saturated rings. The van der Waals surface area contributed by atoms with Crippen LogP contribution in [-0.4, -0.2) is 18.2 Å². The molecule has 0 heterocycles. The highest BCUT2D eigenvalue weighted by Crippen LogP contribution is 2.21. The third-order valence-electron chi connectivity index (χ3n) is 1.45. The SMILES string of the molecule is C.O=C(Cl)c1ccc(S(=O)(=O)O)cc1Cl. The Labute approximate surface area is 97.6 Å². The highest BCUT2D eigenvalue weighted by Gasteiger charge is 2.14. The number of hydrogen-bond acceptors (Lipinski definition) is 3. The second-order valence-electron chi connectivity index (χ2n) is 2.39. The van der Waals surface area contributed by atoms with Crippen LogP contribution in [0.3, 0.4) is 0 Å². The van der Waals surface area contributed by atoms with E-state index in [0.717, 1.165) is 18.2 Å². The van der Waals surface area contributed by atoms with E-state index in [9.17, 15) is 13.2 Å². The third-order valence-corrected chi connectivity index (χ3v) is 2.82. The summed E-state index contributed by atoms with van der Waals surface area (Å²) >= 11 is 10.7. The minimum atomic E-state index is -4.31. The Morgan fingerprint density at radius 1 is 1.33 bits per heavy atom. The molecule has 0 spiro atoms. The Kier molecular flexibility index (Phi) is 4.73. The first-order chi connectivity index (χ1) is 6.32. The maximum absolute atomic E-state index is 10.7. The van der Waals surface area contributed by atoms with Crippen molar-refractivity contribution in [1.29, 1.82) is 0 Å². The van der Waals surface area contributed by atoms with Crippen molar-refractivity contribution in [3.05, 3.63) is 28.8 Å². The van der Waals surface area contributed by atoms with Gasteiger partial charge in [0, 0.05) is 0 Å². The summed E-state index contributed by atoms with van der Waals surface area (Å²) in [4.78, 5) is 10.3. The highest BCUT2D eigenvalue weighted by atomic mass is 35.5. The summed E-state index contributed by atoms with van der Waals surface area (Å²) < 4.78 is 29.9. The molecule has 84 valence electrons. The lowest BCUT2D eigenvalue weighted by Gasteiger charge is -2.00. The van der Waals surface area contributed by atoms with Crippen LogP contribution in [0.25, 0.3) is 0 Å². The monoisotopic (exact) mass is 270 g/mol. The standard InChI is InChI=1S/C7H4Cl2O4S.CH4/c8-6-3-4(14(11,12)13)1-2-5(6)7(9)10;/h1-3H,(H,11,12,13);1H4. The van der Waals surface area contributed by atoms with Gasteiger partial charge in [-0.05, 0) is 29.8 Å². The summed E-state index contributed by atoms with van der Waals surface area (Å²) in [5.74, 6) is 0. The predicted molar refractivity (Wildman–Crippen MR) is 58.2 cm³/mol. The topological polar surface area (TPSA) is 71.4 Å². The van der Waals surface area contributed by atoms with Gasteiger partial charge in [0.2, 0.25) is 0 Å². The molecule has 0 amide bonds. The molecule has 0 saturated heterocycles. The van der Waals surface area contributed by atoms with E-state index in [1.807, 2.05) is 0 Å². The Hall–Kier alpha value is -0.620. The molecule has 0 aromatic heterocycles. The van der Waals surface area contributed by atoms with Gasteiger partial charge in [-0.25, -0.2) is 0 Å². The second-order valence-corrected chi connectivity index (χ2v) is 4.56. The van der Waals surface area contributed by atoms with Crippen LogP contribution < -0.4 is 0 Å². The second kappa shape index (κ2) is 4.94. The van der Waals surface area contributed by atoms with Crippen molar-refractivity contribution in [3.8, 4) is 0 Å². The number of carbonyl (C=O) groups excluding carboxylic acids is 1. The van der Waals surface area contributed by atoms with E-state index in [2.05, 4.69) is 0 Å². The molecular weight excluding hydrogens is 263 g/mol. The average Bonchev–Trinajstić information content (AvgIpc) is 2.01. The fourth-order valence-electron chi connectivity index (χ4n) is 0.816. The van der Waals surface area contributed by atoms with Gasteiger partial charge in [-0.15, -0.1) is 0 Å². The molecule has 15 heavy (non-hydrogen) atoms. The quantitative estimate of drug-likeness (QED) is 0.663. The lowest BCUT2D eigenvalue weighted by molar-refractivity contribution is 0.108. The smallest absolute Gasteiger partial charge is 0.282 e. The van der Waals surface area contributed by atoms with E-state index in [1.165, 1.54) is 0 Å². The van der Waals surface area contributed by atoms with Crippen molar-refractivity contribution in [2.75, 3.05) is 0 Å². The van der Waals surface area contributed by atoms with E-state index >= 15 is 0 Å². The number of hydrogen-bond donors (Lipinski definition) is 1. The molecule has 0 aliphatic rings. The van der Waals surface area contributed by atoms with Crippen molar-refractivity contribution >= 4 is 38.6 Å². The zero-order valence-electron chi connectivity index (χ0n) is 6.57. The van der Waals surface area contributed by atoms with Gasteiger partial charge in [-0.1, -0.05) is 19.0 Å². The third kappa shape index (κ3) is 3.46. The maximum Gasteiger partial charge on any atom is 0.294 e. The number of benzene rings is 1. The van der Waals surface area contributed by atoms with Crippen LogP contribution in [0.1, 0.15) is 17.8 Å². The fourth-order valence-corrected chi connectivity index (χ4v) is 1.87. The number of halogens is 2. The number of rotatable bonds is 2. The van der Waals surface area contributed by atoms with Gasteiger partial charge >= 0.3 is 0 Å². The molecule has 0 atom stereocenters. The Balaban J connectivity index is 0.00000196. The molecule has 7 heteroatoms. The Morgan fingerprint density at radius 2 is 1.87 bits per heavy atom. The zero-order valence-corrected chi connectivity index (χ0v) is 8.90. The molecule has 1 aromatic carbocycles. The molecular formula is C8H8Cl2O4S. The van der Waals surface area contributed by atoms with Gasteiger partial charge in [-0.3, -0.25) is 9.35 Å². The summed E-state index contributed by atoms with van der Waals surface area (Å²) in [7, 11) is -4.31. The van der Waals surface area contributed by atoms with E-state index in [1.54, 1.807) is 0 Å². The summed E-state index contributed by atoms with van der Waals surface area (Å²) in [5, 5.41) is -0.919. The van der Waals surface area contributed by atoms with Crippen LogP contribution >= 0.6 is 23.2 Å². The van der Waals surface area contributed by atoms with Crippen molar-refractivity contribution in [3.63, 3.8) is 0 Å². The van der Waals surface area contributed by atoms with Crippen LogP contribution in [0.15, 0.2) is 23.1 Å². The largest absolute Gasteiger partial charge is 0.294 e. The normalized spacial score (nSPS) is 10.6. The van der Waals surface area contributed by atoms with Crippen molar-refractivity contribution in [2.45, 2.75) is 12.3 Å². The molecule has 0 aliphatic heterocycles. The molecule has 1 aromatic rings. The van der Waals surface area contributed by atoms with Crippen LogP contribution in [0, 0.1) is 0 Å². The first-order valence-electron chi connectivity index (χ1n) is 3.29. The fraction of sp³-hybridized carbons (Fsp3) is 0.125. The molecule has 1 N–H and O–H groups in total. The van der Waals surface area contributed by atoms with E-state index < -0.39 is 15.4 Å². The van der Waals surface area contributed by atoms with Gasteiger partial charge in [0.15, 0.2) is 0 Å². The zero-order chi connectivity index (χ0) is 10.9. The molecule has 4 nitrogen and oxygen atoms in total. The minimum absolute atomic E-state index is 0. The molecule has 0 aliphatic carbocycles.